The molecule has 0 aliphatic rings. The van der Waals surface area contributed by atoms with Gasteiger partial charge in [-0.3, -0.25) is 4.57 Å². The second kappa shape index (κ2) is 7.85. The summed E-state index contributed by atoms with van der Waals surface area (Å²) in [7, 11) is 1.63. The Morgan fingerprint density at radius 1 is 0.964 bits per heavy atom. The molecule has 0 bridgehead atoms. The van der Waals surface area contributed by atoms with E-state index in [0.717, 1.165) is 33.5 Å². The molecule has 142 valence electrons. The van der Waals surface area contributed by atoms with Gasteiger partial charge in [0.1, 0.15) is 11.6 Å². The molecule has 7 nitrogen and oxygen atoms in total. The maximum Gasteiger partial charge on any atom is 0.247 e. The third-order valence-corrected chi connectivity index (χ3v) is 5.19. The molecule has 0 amide bonds. The lowest BCUT2D eigenvalue weighted by Crippen LogP contribution is -2.01. The van der Waals surface area contributed by atoms with Gasteiger partial charge in [0.05, 0.1) is 18.6 Å². The minimum absolute atomic E-state index is 0.481. The summed E-state index contributed by atoms with van der Waals surface area (Å²) in [4.78, 5) is 0. The lowest BCUT2D eigenvalue weighted by atomic mass is 10.2. The van der Waals surface area contributed by atoms with Crippen LogP contribution in [0.25, 0.3) is 17.1 Å². The molecule has 0 aliphatic carbocycles. The van der Waals surface area contributed by atoms with Gasteiger partial charge in [0.15, 0.2) is 5.16 Å². The number of thioether (sulfide) groups is 1. The lowest BCUT2D eigenvalue weighted by Gasteiger charge is -2.10. The predicted molar refractivity (Wildman–Crippen MR) is 107 cm³/mol. The highest BCUT2D eigenvalue weighted by Gasteiger charge is 2.15. The maximum atomic E-state index is 5.80. The van der Waals surface area contributed by atoms with Crippen molar-refractivity contribution < 1.29 is 9.15 Å². The molecular weight excluding hydrogens is 374 g/mol. The minimum Gasteiger partial charge on any atom is -0.497 e. The van der Waals surface area contributed by atoms with Gasteiger partial charge in [0.25, 0.3) is 0 Å². The highest BCUT2D eigenvalue weighted by atomic mass is 32.2. The lowest BCUT2D eigenvalue weighted by molar-refractivity contribution is 0.415. The number of nitrogens with zero attached hydrogens (tertiary/aromatic N) is 5. The molecule has 2 heterocycles. The summed E-state index contributed by atoms with van der Waals surface area (Å²) in [5, 5.41) is 17.6. The number of aryl methyl sites for hydroxylation is 2. The van der Waals surface area contributed by atoms with Crippen LogP contribution in [0.1, 0.15) is 17.3 Å². The van der Waals surface area contributed by atoms with Crippen molar-refractivity contribution >= 4 is 11.8 Å². The van der Waals surface area contributed by atoms with Gasteiger partial charge >= 0.3 is 0 Å². The Morgan fingerprint density at radius 3 is 2.50 bits per heavy atom. The Morgan fingerprint density at radius 2 is 1.75 bits per heavy atom. The summed E-state index contributed by atoms with van der Waals surface area (Å²) in [5.41, 5.74) is 3.08. The Bertz CT molecular complexity index is 1090. The van der Waals surface area contributed by atoms with Gasteiger partial charge in [-0.15, -0.1) is 20.4 Å². The Balaban J connectivity index is 1.52. The first kappa shape index (κ1) is 18.2. The molecule has 2 aromatic heterocycles. The van der Waals surface area contributed by atoms with Crippen molar-refractivity contribution in [3.05, 3.63) is 65.8 Å². The van der Waals surface area contributed by atoms with Crippen molar-refractivity contribution in [2.45, 2.75) is 24.8 Å². The first-order valence-electron chi connectivity index (χ1n) is 8.73. The van der Waals surface area contributed by atoms with E-state index in [1.807, 2.05) is 47.9 Å². The van der Waals surface area contributed by atoms with Crippen molar-refractivity contribution in [3.63, 3.8) is 0 Å². The van der Waals surface area contributed by atoms with E-state index in [2.05, 4.69) is 39.5 Å². The van der Waals surface area contributed by atoms with Crippen LogP contribution in [0, 0.1) is 13.8 Å². The zero-order chi connectivity index (χ0) is 19.5. The summed E-state index contributed by atoms with van der Waals surface area (Å²) < 4.78 is 13.0. The molecule has 0 fully saturated rings. The average Bonchev–Trinajstić information content (AvgIpc) is 3.34. The second-order valence-corrected chi connectivity index (χ2v) is 7.11. The fraction of sp³-hybridized carbons (Fsp3) is 0.200. The zero-order valence-corrected chi connectivity index (χ0v) is 16.6. The fourth-order valence-electron chi connectivity index (χ4n) is 2.82. The van der Waals surface area contributed by atoms with E-state index in [0.29, 0.717) is 17.5 Å². The van der Waals surface area contributed by atoms with Crippen LogP contribution in [0.5, 0.6) is 5.75 Å². The number of ether oxygens (including phenoxy) is 1. The minimum atomic E-state index is 0.481. The van der Waals surface area contributed by atoms with Crippen molar-refractivity contribution in [1.29, 1.82) is 0 Å². The van der Waals surface area contributed by atoms with E-state index < -0.39 is 0 Å². The Kier molecular flexibility index (Phi) is 5.12. The Hall–Kier alpha value is -3.13. The largest absolute Gasteiger partial charge is 0.497 e. The van der Waals surface area contributed by atoms with E-state index in [1.54, 1.807) is 7.11 Å². The molecule has 4 aromatic rings. The van der Waals surface area contributed by atoms with Gasteiger partial charge in [-0.2, -0.15) is 0 Å². The molecule has 0 saturated heterocycles. The standard InChI is InChI=1S/C20H19N5O2S/c1-13-6-4-5-7-17(13)25-14(2)21-24-20(25)28-12-18-22-23-19(27-18)15-8-10-16(26-3)11-9-15/h4-11H,12H2,1-3H3. The number of aromatic nitrogens is 5. The van der Waals surface area contributed by atoms with Crippen molar-refractivity contribution in [1.82, 2.24) is 25.0 Å². The van der Waals surface area contributed by atoms with Crippen LogP contribution in [-0.2, 0) is 5.75 Å². The molecule has 0 aliphatic heterocycles. The summed E-state index contributed by atoms with van der Waals surface area (Å²) in [6, 6.07) is 15.7. The molecule has 28 heavy (non-hydrogen) atoms. The number of rotatable bonds is 6. The van der Waals surface area contributed by atoms with Crippen LogP contribution in [0.2, 0.25) is 0 Å². The van der Waals surface area contributed by atoms with E-state index in [1.165, 1.54) is 11.8 Å². The van der Waals surface area contributed by atoms with Gasteiger partial charge in [-0.25, -0.2) is 0 Å². The van der Waals surface area contributed by atoms with Gasteiger partial charge < -0.3 is 9.15 Å². The van der Waals surface area contributed by atoms with E-state index in [-0.39, 0.29) is 0 Å². The van der Waals surface area contributed by atoms with Crippen LogP contribution in [0.3, 0.4) is 0 Å². The third kappa shape index (κ3) is 3.63. The SMILES string of the molecule is COc1ccc(-c2nnc(CSc3nnc(C)n3-c3ccccc3C)o2)cc1. The number of benzene rings is 2. The number of para-hydroxylation sites is 1. The molecule has 0 spiro atoms. The molecule has 0 N–H and O–H groups in total. The van der Waals surface area contributed by atoms with Crippen molar-refractivity contribution in [2.24, 2.45) is 0 Å². The normalized spacial score (nSPS) is 11.0. The van der Waals surface area contributed by atoms with Crippen molar-refractivity contribution in [2.75, 3.05) is 7.11 Å². The van der Waals surface area contributed by atoms with Crippen LogP contribution in [-0.4, -0.2) is 32.1 Å². The summed E-state index contributed by atoms with van der Waals surface area (Å²) in [6.07, 6.45) is 0. The fourth-order valence-corrected chi connectivity index (χ4v) is 3.64. The van der Waals surface area contributed by atoms with Crippen LogP contribution in [0.4, 0.5) is 0 Å². The topological polar surface area (TPSA) is 78.9 Å². The third-order valence-electron chi connectivity index (χ3n) is 4.28. The molecule has 0 radical (unpaired) electrons. The van der Waals surface area contributed by atoms with Gasteiger partial charge in [-0.05, 0) is 49.7 Å². The van der Waals surface area contributed by atoms with Gasteiger partial charge in [0, 0.05) is 5.56 Å². The van der Waals surface area contributed by atoms with E-state index in [9.17, 15) is 0 Å². The van der Waals surface area contributed by atoms with E-state index >= 15 is 0 Å². The summed E-state index contributed by atoms with van der Waals surface area (Å²) in [5.74, 6) is 3.14. The predicted octanol–water partition coefficient (Wildman–Crippen LogP) is 4.24. The van der Waals surface area contributed by atoms with Gasteiger partial charge in [0.2, 0.25) is 11.8 Å². The van der Waals surface area contributed by atoms with E-state index in [4.69, 9.17) is 9.15 Å². The maximum absolute atomic E-state index is 5.80. The molecular formula is C20H19N5O2S. The summed E-state index contributed by atoms with van der Waals surface area (Å²) in [6.45, 7) is 4.01. The highest BCUT2D eigenvalue weighted by molar-refractivity contribution is 7.98. The van der Waals surface area contributed by atoms with Gasteiger partial charge in [-0.1, -0.05) is 30.0 Å². The highest BCUT2D eigenvalue weighted by Crippen LogP contribution is 2.27. The van der Waals surface area contributed by atoms with Crippen LogP contribution < -0.4 is 4.74 Å². The molecule has 0 unspecified atom stereocenters. The quantitative estimate of drug-likeness (QED) is 0.453. The Labute approximate surface area is 166 Å². The molecule has 8 heteroatoms. The first-order chi connectivity index (χ1) is 13.7. The van der Waals surface area contributed by atoms with Crippen molar-refractivity contribution in [3.8, 4) is 22.9 Å². The summed E-state index contributed by atoms with van der Waals surface area (Å²) >= 11 is 1.51. The molecule has 0 saturated carbocycles. The van der Waals surface area contributed by atoms with Crippen LogP contribution in [0.15, 0.2) is 58.1 Å². The zero-order valence-electron chi connectivity index (χ0n) is 15.8. The molecule has 4 rings (SSSR count). The monoisotopic (exact) mass is 393 g/mol. The molecule has 2 aromatic carbocycles. The first-order valence-corrected chi connectivity index (χ1v) is 9.72. The number of hydrogen-bond acceptors (Lipinski definition) is 7. The smallest absolute Gasteiger partial charge is 0.247 e. The average molecular weight is 393 g/mol. The second-order valence-electron chi connectivity index (χ2n) is 6.17. The van der Waals surface area contributed by atoms with Crippen LogP contribution >= 0.6 is 11.8 Å². The number of methoxy groups -OCH3 is 1. The molecule has 0 atom stereocenters. The number of hydrogen-bond donors (Lipinski definition) is 0.